The summed E-state index contributed by atoms with van der Waals surface area (Å²) in [4.78, 5) is 15.6. The molecule has 0 aliphatic carbocycles. The summed E-state index contributed by atoms with van der Waals surface area (Å²) in [5, 5.41) is 2.46. The lowest BCUT2D eigenvalue weighted by Gasteiger charge is -2.12. The highest BCUT2D eigenvalue weighted by molar-refractivity contribution is 5.91. The molecule has 0 bridgehead atoms. The number of nitrogens with one attached hydrogen (secondary N) is 1. The van der Waals surface area contributed by atoms with E-state index in [0.29, 0.717) is 11.3 Å². The molecule has 0 fully saturated rings. The van der Waals surface area contributed by atoms with E-state index >= 15 is 0 Å². The molecule has 0 aliphatic heterocycles. The first-order valence-electron chi connectivity index (χ1n) is 8.14. The normalized spacial score (nSPS) is 11.1. The largest absolute Gasteiger partial charge is 0.484 e. The topological polar surface area (TPSA) is 51.2 Å². The molecule has 3 rings (SSSR count). The third kappa shape index (κ3) is 5.06. The van der Waals surface area contributed by atoms with Crippen molar-refractivity contribution in [2.24, 2.45) is 0 Å². The summed E-state index contributed by atoms with van der Waals surface area (Å²) < 4.78 is 57.6. The number of carbonyl (C=O) groups excluding carboxylic acids is 1. The van der Waals surface area contributed by atoms with Gasteiger partial charge in [0.05, 0.1) is 5.69 Å². The van der Waals surface area contributed by atoms with Crippen molar-refractivity contribution in [3.63, 3.8) is 0 Å². The lowest BCUT2D eigenvalue weighted by atomic mass is 10.1. The second-order valence-electron chi connectivity index (χ2n) is 5.78. The molecule has 0 saturated heterocycles. The van der Waals surface area contributed by atoms with E-state index in [9.17, 15) is 22.4 Å². The van der Waals surface area contributed by atoms with E-state index in [0.717, 1.165) is 6.07 Å². The van der Waals surface area contributed by atoms with E-state index in [1.165, 1.54) is 30.3 Å². The third-order valence-corrected chi connectivity index (χ3v) is 3.66. The SMILES string of the molecule is O=C(COc1cc(-c2ccccc2)nc(C(F)(F)F)c1)Nc1ccc(F)cc1. The molecule has 1 aromatic heterocycles. The van der Waals surface area contributed by atoms with Gasteiger partial charge >= 0.3 is 6.18 Å². The molecule has 144 valence electrons. The monoisotopic (exact) mass is 390 g/mol. The standard InChI is InChI=1S/C20H14F4N2O2/c21-14-6-8-15(9-7-14)25-19(27)12-28-16-10-17(13-4-2-1-3-5-13)26-18(11-16)20(22,23)24/h1-11H,12H2,(H,25,27). The fourth-order valence-corrected chi connectivity index (χ4v) is 2.37. The summed E-state index contributed by atoms with van der Waals surface area (Å²) in [6, 6.07) is 15.4. The molecule has 2 aromatic carbocycles. The Kier molecular flexibility index (Phi) is 5.58. The first-order valence-corrected chi connectivity index (χ1v) is 8.14. The zero-order valence-corrected chi connectivity index (χ0v) is 14.3. The number of halogens is 4. The molecule has 1 amide bonds. The average molecular weight is 390 g/mol. The number of pyridine rings is 1. The van der Waals surface area contributed by atoms with Crippen molar-refractivity contribution in [3.05, 3.63) is 78.2 Å². The van der Waals surface area contributed by atoms with Gasteiger partial charge in [-0.1, -0.05) is 30.3 Å². The van der Waals surface area contributed by atoms with Crippen LogP contribution in [0, 0.1) is 5.82 Å². The fraction of sp³-hybridized carbons (Fsp3) is 0.100. The van der Waals surface area contributed by atoms with Crippen molar-refractivity contribution in [3.8, 4) is 17.0 Å². The number of alkyl halides is 3. The minimum Gasteiger partial charge on any atom is -0.484 e. The second-order valence-corrected chi connectivity index (χ2v) is 5.78. The minimum atomic E-state index is -4.67. The van der Waals surface area contributed by atoms with Crippen LogP contribution in [0.25, 0.3) is 11.3 Å². The van der Waals surface area contributed by atoms with Crippen LogP contribution in [-0.2, 0) is 11.0 Å². The lowest BCUT2D eigenvalue weighted by Crippen LogP contribution is -2.20. The van der Waals surface area contributed by atoms with Gasteiger partial charge in [-0.2, -0.15) is 13.2 Å². The Balaban J connectivity index is 1.77. The Bertz CT molecular complexity index is 958. The van der Waals surface area contributed by atoms with Crippen molar-refractivity contribution in [1.82, 2.24) is 4.98 Å². The molecular formula is C20H14F4N2O2. The van der Waals surface area contributed by atoms with Crippen LogP contribution in [0.2, 0.25) is 0 Å². The van der Waals surface area contributed by atoms with Gasteiger partial charge in [-0.05, 0) is 24.3 Å². The van der Waals surface area contributed by atoms with Crippen LogP contribution < -0.4 is 10.1 Å². The van der Waals surface area contributed by atoms with Crippen LogP contribution in [0.4, 0.5) is 23.2 Å². The number of hydrogen-bond donors (Lipinski definition) is 1. The van der Waals surface area contributed by atoms with Crippen LogP contribution in [0.15, 0.2) is 66.7 Å². The molecule has 0 radical (unpaired) electrons. The van der Waals surface area contributed by atoms with Gasteiger partial charge in [0.1, 0.15) is 17.3 Å². The van der Waals surface area contributed by atoms with Crippen molar-refractivity contribution >= 4 is 11.6 Å². The van der Waals surface area contributed by atoms with Gasteiger partial charge in [0, 0.05) is 23.4 Å². The summed E-state index contributed by atoms with van der Waals surface area (Å²) in [5.74, 6) is -1.20. The maximum atomic E-state index is 13.2. The predicted molar refractivity (Wildman–Crippen MR) is 95.2 cm³/mol. The first kappa shape index (κ1) is 19.3. The molecule has 1 heterocycles. The van der Waals surface area contributed by atoms with E-state index in [2.05, 4.69) is 10.3 Å². The molecule has 28 heavy (non-hydrogen) atoms. The highest BCUT2D eigenvalue weighted by Gasteiger charge is 2.33. The quantitative estimate of drug-likeness (QED) is 0.629. The highest BCUT2D eigenvalue weighted by Crippen LogP contribution is 2.33. The summed E-state index contributed by atoms with van der Waals surface area (Å²) in [7, 11) is 0. The number of anilines is 1. The van der Waals surface area contributed by atoms with Gasteiger partial charge in [0.25, 0.3) is 5.91 Å². The number of aromatic nitrogens is 1. The zero-order chi connectivity index (χ0) is 20.1. The highest BCUT2D eigenvalue weighted by atomic mass is 19.4. The van der Waals surface area contributed by atoms with Crippen molar-refractivity contribution in [1.29, 1.82) is 0 Å². The van der Waals surface area contributed by atoms with Crippen molar-refractivity contribution in [2.45, 2.75) is 6.18 Å². The third-order valence-electron chi connectivity index (χ3n) is 3.66. The number of nitrogens with zero attached hydrogens (tertiary/aromatic N) is 1. The Morgan fingerprint density at radius 2 is 1.68 bits per heavy atom. The van der Waals surface area contributed by atoms with Gasteiger partial charge in [-0.15, -0.1) is 0 Å². The molecule has 8 heteroatoms. The number of rotatable bonds is 5. The van der Waals surface area contributed by atoms with Crippen LogP contribution in [0.3, 0.4) is 0 Å². The van der Waals surface area contributed by atoms with Crippen LogP contribution >= 0.6 is 0 Å². The number of hydrogen-bond acceptors (Lipinski definition) is 3. The molecule has 0 spiro atoms. The average Bonchev–Trinajstić information content (AvgIpc) is 2.68. The maximum absolute atomic E-state index is 13.2. The fourth-order valence-electron chi connectivity index (χ4n) is 2.37. The summed E-state index contributed by atoms with van der Waals surface area (Å²) in [6.07, 6.45) is -4.67. The molecule has 0 aliphatic rings. The number of benzene rings is 2. The number of amides is 1. The van der Waals surface area contributed by atoms with Crippen molar-refractivity contribution in [2.75, 3.05) is 11.9 Å². The molecule has 3 aromatic rings. The van der Waals surface area contributed by atoms with E-state index in [1.54, 1.807) is 30.3 Å². The Morgan fingerprint density at radius 3 is 2.32 bits per heavy atom. The minimum absolute atomic E-state index is 0.0735. The van der Waals surface area contributed by atoms with Gasteiger partial charge < -0.3 is 10.1 Å². The number of ether oxygens (including phenoxy) is 1. The predicted octanol–water partition coefficient (Wildman–Crippen LogP) is 4.92. The van der Waals surface area contributed by atoms with Gasteiger partial charge in [-0.3, -0.25) is 4.79 Å². The van der Waals surface area contributed by atoms with Gasteiger partial charge in [0.15, 0.2) is 6.61 Å². The van der Waals surface area contributed by atoms with E-state index in [1.807, 2.05) is 0 Å². The molecule has 0 saturated carbocycles. The van der Waals surface area contributed by atoms with Crippen molar-refractivity contribution < 1.29 is 27.1 Å². The van der Waals surface area contributed by atoms with Crippen LogP contribution in [0.1, 0.15) is 5.69 Å². The molecule has 1 N–H and O–H groups in total. The summed E-state index contributed by atoms with van der Waals surface area (Å²) in [5.41, 5.74) is -0.230. The van der Waals surface area contributed by atoms with E-state index in [-0.39, 0.29) is 11.4 Å². The van der Waals surface area contributed by atoms with E-state index < -0.39 is 30.2 Å². The maximum Gasteiger partial charge on any atom is 0.433 e. The van der Waals surface area contributed by atoms with Crippen LogP contribution in [-0.4, -0.2) is 17.5 Å². The summed E-state index contributed by atoms with van der Waals surface area (Å²) >= 11 is 0. The Morgan fingerprint density at radius 1 is 1.00 bits per heavy atom. The Hall–Kier alpha value is -3.42. The first-order chi connectivity index (χ1) is 13.3. The molecule has 4 nitrogen and oxygen atoms in total. The molecular weight excluding hydrogens is 376 g/mol. The zero-order valence-electron chi connectivity index (χ0n) is 14.3. The second kappa shape index (κ2) is 8.08. The smallest absolute Gasteiger partial charge is 0.433 e. The lowest BCUT2D eigenvalue weighted by molar-refractivity contribution is -0.141. The number of carbonyl (C=O) groups is 1. The van der Waals surface area contributed by atoms with Gasteiger partial charge in [0.2, 0.25) is 0 Å². The Labute approximate surface area is 157 Å². The molecule has 0 unspecified atom stereocenters. The van der Waals surface area contributed by atoms with Crippen LogP contribution in [0.5, 0.6) is 5.75 Å². The molecule has 0 atom stereocenters. The van der Waals surface area contributed by atoms with E-state index in [4.69, 9.17) is 4.74 Å². The van der Waals surface area contributed by atoms with Gasteiger partial charge in [-0.25, -0.2) is 9.37 Å². The summed E-state index contributed by atoms with van der Waals surface area (Å²) in [6.45, 7) is -0.521.